The molecule has 0 unspecified atom stereocenters. The number of methoxy groups -OCH3 is 1. The number of sulfonamides is 1. The van der Waals surface area contributed by atoms with Gasteiger partial charge < -0.3 is 14.5 Å². The van der Waals surface area contributed by atoms with Crippen molar-refractivity contribution in [3.8, 4) is 5.75 Å². The van der Waals surface area contributed by atoms with Gasteiger partial charge in [-0.2, -0.15) is 4.31 Å². The van der Waals surface area contributed by atoms with Gasteiger partial charge in [0.1, 0.15) is 5.75 Å². The molecule has 1 aliphatic rings. The number of aryl methyl sites for hydroxylation is 1. The van der Waals surface area contributed by atoms with E-state index in [4.69, 9.17) is 4.74 Å². The Bertz CT molecular complexity index is 952. The first kappa shape index (κ1) is 21.1. The number of rotatable bonds is 6. The Labute approximate surface area is 172 Å². The number of carbonyl (C=O) groups is 1. The zero-order valence-electron chi connectivity index (χ0n) is 17.0. The summed E-state index contributed by atoms with van der Waals surface area (Å²) in [5.74, 6) is 0.609. The zero-order valence-corrected chi connectivity index (χ0v) is 17.9. The second-order valence-corrected chi connectivity index (χ2v) is 9.19. The zero-order chi connectivity index (χ0) is 21.0. The van der Waals surface area contributed by atoms with Crippen molar-refractivity contribution in [1.82, 2.24) is 9.21 Å². The molecule has 0 N–H and O–H groups in total. The number of carbonyl (C=O) groups excluding carboxylic acids is 1. The molecule has 2 aromatic carbocycles. The molecule has 0 saturated carbocycles. The minimum absolute atomic E-state index is 0.171. The fourth-order valence-electron chi connectivity index (χ4n) is 3.29. The summed E-state index contributed by atoms with van der Waals surface area (Å²) < 4.78 is 31.8. The van der Waals surface area contributed by atoms with E-state index < -0.39 is 10.0 Å². The van der Waals surface area contributed by atoms with Crippen LogP contribution in [0.5, 0.6) is 5.75 Å². The van der Waals surface area contributed by atoms with Gasteiger partial charge in [-0.1, -0.05) is 23.8 Å². The monoisotopic (exact) mass is 417 g/mol. The Morgan fingerprint density at radius 2 is 1.72 bits per heavy atom. The highest BCUT2D eigenvalue weighted by atomic mass is 32.2. The molecular formula is C21H27N3O4S. The molecule has 0 radical (unpaired) electrons. The van der Waals surface area contributed by atoms with Crippen LogP contribution in [0.25, 0.3) is 0 Å². The fraction of sp³-hybridized carbons (Fsp3) is 0.381. The summed E-state index contributed by atoms with van der Waals surface area (Å²) in [6, 6.07) is 14.5. The molecular weight excluding hydrogens is 390 g/mol. The molecule has 29 heavy (non-hydrogen) atoms. The SMILES string of the molecule is COc1cccc(N2CCN(C(=O)CN(C)S(=O)(=O)c3ccc(C)cc3)CC2)c1. The topological polar surface area (TPSA) is 70.2 Å². The standard InChI is InChI=1S/C21H27N3O4S/c1-17-7-9-20(10-8-17)29(26,27)22(2)16-21(25)24-13-11-23(12-14-24)18-5-4-6-19(15-18)28-3/h4-10,15H,11-14,16H2,1-3H3. The van der Waals surface area contributed by atoms with Crippen molar-refractivity contribution in [3.05, 3.63) is 54.1 Å². The second kappa shape index (κ2) is 8.84. The number of piperazine rings is 1. The summed E-state index contributed by atoms with van der Waals surface area (Å²) in [5.41, 5.74) is 2.03. The van der Waals surface area contributed by atoms with Crippen molar-refractivity contribution in [2.24, 2.45) is 0 Å². The molecule has 8 heteroatoms. The molecule has 0 aliphatic carbocycles. The number of benzene rings is 2. The fourth-order valence-corrected chi connectivity index (χ4v) is 4.41. The minimum atomic E-state index is -3.69. The van der Waals surface area contributed by atoms with Crippen LogP contribution in [0.3, 0.4) is 0 Å². The maximum absolute atomic E-state index is 12.7. The van der Waals surface area contributed by atoms with Gasteiger partial charge in [0, 0.05) is 45.0 Å². The third-order valence-corrected chi connectivity index (χ3v) is 6.96. The van der Waals surface area contributed by atoms with E-state index in [0.717, 1.165) is 21.3 Å². The lowest BCUT2D eigenvalue weighted by molar-refractivity contribution is -0.131. The van der Waals surface area contributed by atoms with Gasteiger partial charge in [0.25, 0.3) is 0 Å². The molecule has 0 spiro atoms. The summed E-state index contributed by atoms with van der Waals surface area (Å²) >= 11 is 0. The van der Waals surface area contributed by atoms with Gasteiger partial charge in [0.05, 0.1) is 18.6 Å². The Morgan fingerprint density at radius 1 is 1.07 bits per heavy atom. The van der Waals surface area contributed by atoms with Crippen LogP contribution in [0, 0.1) is 6.92 Å². The Kier molecular flexibility index (Phi) is 6.44. The lowest BCUT2D eigenvalue weighted by atomic mass is 10.2. The number of hydrogen-bond acceptors (Lipinski definition) is 5. The first-order valence-corrected chi connectivity index (χ1v) is 10.9. The summed E-state index contributed by atoms with van der Waals surface area (Å²) in [4.78, 5) is 16.8. The van der Waals surface area contributed by atoms with E-state index in [1.54, 1.807) is 36.3 Å². The normalized spacial score (nSPS) is 14.9. The van der Waals surface area contributed by atoms with Crippen LogP contribution in [0.15, 0.2) is 53.4 Å². The highest BCUT2D eigenvalue weighted by Crippen LogP contribution is 2.22. The highest BCUT2D eigenvalue weighted by molar-refractivity contribution is 7.89. The van der Waals surface area contributed by atoms with Gasteiger partial charge in [-0.25, -0.2) is 8.42 Å². The van der Waals surface area contributed by atoms with Gasteiger partial charge in [0.2, 0.25) is 15.9 Å². The van der Waals surface area contributed by atoms with Crippen LogP contribution in [0.1, 0.15) is 5.56 Å². The van der Waals surface area contributed by atoms with Gasteiger partial charge in [-0.3, -0.25) is 4.79 Å². The summed E-state index contributed by atoms with van der Waals surface area (Å²) in [6.45, 7) is 4.20. The van der Waals surface area contributed by atoms with Gasteiger partial charge in [-0.15, -0.1) is 0 Å². The molecule has 1 heterocycles. The van der Waals surface area contributed by atoms with Crippen LogP contribution < -0.4 is 9.64 Å². The minimum Gasteiger partial charge on any atom is -0.497 e. The van der Waals surface area contributed by atoms with E-state index in [9.17, 15) is 13.2 Å². The van der Waals surface area contributed by atoms with E-state index >= 15 is 0 Å². The molecule has 0 aromatic heterocycles. The van der Waals surface area contributed by atoms with Crippen molar-refractivity contribution in [3.63, 3.8) is 0 Å². The third-order valence-electron chi connectivity index (χ3n) is 5.14. The van der Waals surface area contributed by atoms with Crippen molar-refractivity contribution in [1.29, 1.82) is 0 Å². The number of nitrogens with zero attached hydrogens (tertiary/aromatic N) is 3. The number of amides is 1. The first-order chi connectivity index (χ1) is 13.8. The third kappa shape index (κ3) is 4.89. The molecule has 0 atom stereocenters. The maximum Gasteiger partial charge on any atom is 0.243 e. The largest absolute Gasteiger partial charge is 0.497 e. The van der Waals surface area contributed by atoms with E-state index in [2.05, 4.69) is 4.90 Å². The van der Waals surface area contributed by atoms with E-state index in [1.165, 1.54) is 7.05 Å². The van der Waals surface area contributed by atoms with Crippen molar-refractivity contribution in [2.45, 2.75) is 11.8 Å². The Hall–Kier alpha value is -2.58. The van der Waals surface area contributed by atoms with Gasteiger partial charge in [0.15, 0.2) is 0 Å². The average molecular weight is 418 g/mol. The number of likely N-dealkylation sites (N-methyl/N-ethyl adjacent to an activating group) is 1. The van der Waals surface area contributed by atoms with Crippen LogP contribution >= 0.6 is 0 Å². The smallest absolute Gasteiger partial charge is 0.243 e. The second-order valence-electron chi connectivity index (χ2n) is 7.14. The first-order valence-electron chi connectivity index (χ1n) is 9.51. The molecule has 2 aromatic rings. The molecule has 0 bridgehead atoms. The average Bonchev–Trinajstić information content (AvgIpc) is 2.74. The van der Waals surface area contributed by atoms with E-state index in [1.807, 2.05) is 31.2 Å². The molecule has 156 valence electrons. The van der Waals surface area contributed by atoms with Crippen LogP contribution in [-0.2, 0) is 14.8 Å². The quantitative estimate of drug-likeness (QED) is 0.719. The van der Waals surface area contributed by atoms with Crippen molar-refractivity contribution < 1.29 is 17.9 Å². The molecule has 1 saturated heterocycles. The van der Waals surface area contributed by atoms with Crippen LogP contribution in [-0.4, -0.2) is 70.4 Å². The highest BCUT2D eigenvalue weighted by Gasteiger charge is 2.27. The predicted molar refractivity (Wildman–Crippen MR) is 113 cm³/mol. The molecule has 1 aliphatic heterocycles. The van der Waals surface area contributed by atoms with Gasteiger partial charge >= 0.3 is 0 Å². The molecule has 7 nitrogen and oxygen atoms in total. The van der Waals surface area contributed by atoms with Gasteiger partial charge in [-0.05, 0) is 31.2 Å². The van der Waals surface area contributed by atoms with Crippen LogP contribution in [0.4, 0.5) is 5.69 Å². The van der Waals surface area contributed by atoms with Crippen LogP contribution in [0.2, 0.25) is 0 Å². The van der Waals surface area contributed by atoms with E-state index in [-0.39, 0.29) is 17.3 Å². The molecule has 3 rings (SSSR count). The molecule has 1 fully saturated rings. The Morgan fingerprint density at radius 3 is 2.34 bits per heavy atom. The summed E-state index contributed by atoms with van der Waals surface area (Å²) in [6.07, 6.45) is 0. The number of hydrogen-bond donors (Lipinski definition) is 0. The van der Waals surface area contributed by atoms with Crippen molar-refractivity contribution >= 4 is 21.6 Å². The lowest BCUT2D eigenvalue weighted by Crippen LogP contribution is -2.51. The van der Waals surface area contributed by atoms with E-state index in [0.29, 0.717) is 26.2 Å². The Balaban J connectivity index is 1.58. The maximum atomic E-state index is 12.7. The summed E-state index contributed by atoms with van der Waals surface area (Å²) in [5, 5.41) is 0. The lowest BCUT2D eigenvalue weighted by Gasteiger charge is -2.36. The summed E-state index contributed by atoms with van der Waals surface area (Å²) in [7, 11) is -0.610. The number of anilines is 1. The number of ether oxygens (including phenoxy) is 1. The molecule has 1 amide bonds. The predicted octanol–water partition coefficient (Wildman–Crippen LogP) is 1.97. The van der Waals surface area contributed by atoms with Crippen molar-refractivity contribution in [2.75, 3.05) is 51.8 Å².